The number of aromatic nitrogens is 1. The third-order valence-electron chi connectivity index (χ3n) is 3.36. The van der Waals surface area contributed by atoms with Crippen molar-refractivity contribution in [2.45, 2.75) is 32.7 Å². The maximum atomic E-state index is 11.8. The highest BCUT2D eigenvalue weighted by molar-refractivity contribution is 5.84. The predicted molar refractivity (Wildman–Crippen MR) is 80.4 cm³/mol. The highest BCUT2D eigenvalue weighted by atomic mass is 16.5. The monoisotopic (exact) mass is 274 g/mol. The molecule has 0 unspecified atom stereocenters. The molecule has 1 aromatic carbocycles. The summed E-state index contributed by atoms with van der Waals surface area (Å²) in [6, 6.07) is 7.37. The number of fused-ring (bicyclic) bond motifs is 1. The van der Waals surface area contributed by atoms with Gasteiger partial charge in [0.2, 0.25) is 0 Å². The van der Waals surface area contributed by atoms with E-state index in [2.05, 4.69) is 18.8 Å². The normalized spacial score (nSPS) is 12.8. The molecule has 4 heteroatoms. The minimum absolute atomic E-state index is 0.323. The molecule has 0 fully saturated rings. The van der Waals surface area contributed by atoms with E-state index in [-0.39, 0.29) is 5.97 Å². The van der Waals surface area contributed by atoms with Crippen LogP contribution < -0.4 is 5.73 Å². The molecule has 0 bridgehead atoms. The van der Waals surface area contributed by atoms with Crippen LogP contribution in [0.5, 0.6) is 0 Å². The molecule has 20 heavy (non-hydrogen) atoms. The number of aromatic amines is 1. The predicted octanol–water partition coefficient (Wildman–Crippen LogP) is 2.63. The van der Waals surface area contributed by atoms with E-state index in [1.807, 2.05) is 30.5 Å². The second-order valence-corrected chi connectivity index (χ2v) is 5.52. The van der Waals surface area contributed by atoms with Gasteiger partial charge in [0.05, 0.1) is 6.61 Å². The molecule has 1 atom stereocenters. The standard InChI is InChI=1S/C16H22N2O2/c1-11(2)7-8-20-16(19)14(17)9-12-10-18-15-6-4-3-5-13(12)15/h3-6,10-11,14,18H,7-9,17H2,1-2H3/t14-/m0/s1. The van der Waals surface area contributed by atoms with E-state index in [1.165, 1.54) is 0 Å². The molecular formula is C16H22N2O2. The molecule has 0 spiro atoms. The number of H-pyrrole nitrogens is 1. The van der Waals surface area contributed by atoms with Crippen LogP contribution in [-0.2, 0) is 16.0 Å². The molecular weight excluding hydrogens is 252 g/mol. The number of rotatable bonds is 6. The Morgan fingerprint density at radius 2 is 2.10 bits per heavy atom. The summed E-state index contributed by atoms with van der Waals surface area (Å²) in [4.78, 5) is 15.0. The van der Waals surface area contributed by atoms with Gasteiger partial charge in [0.25, 0.3) is 0 Å². The van der Waals surface area contributed by atoms with E-state index in [9.17, 15) is 4.79 Å². The quantitative estimate of drug-likeness (QED) is 0.796. The first kappa shape index (κ1) is 14.6. The van der Waals surface area contributed by atoms with E-state index in [4.69, 9.17) is 10.5 Å². The van der Waals surface area contributed by atoms with Crippen molar-refractivity contribution in [1.82, 2.24) is 4.98 Å². The number of hydrogen-bond donors (Lipinski definition) is 2. The van der Waals surface area contributed by atoms with Gasteiger partial charge in [0.1, 0.15) is 6.04 Å². The largest absolute Gasteiger partial charge is 0.465 e. The lowest BCUT2D eigenvalue weighted by Gasteiger charge is -2.12. The zero-order chi connectivity index (χ0) is 14.5. The Morgan fingerprint density at radius 3 is 2.85 bits per heavy atom. The SMILES string of the molecule is CC(C)CCOC(=O)[C@@H](N)Cc1c[nH]c2ccccc12. The van der Waals surface area contributed by atoms with Crippen LogP contribution in [0.2, 0.25) is 0 Å². The minimum Gasteiger partial charge on any atom is -0.465 e. The van der Waals surface area contributed by atoms with Crippen LogP contribution in [-0.4, -0.2) is 23.6 Å². The van der Waals surface area contributed by atoms with Gasteiger partial charge in [0, 0.05) is 23.5 Å². The lowest BCUT2D eigenvalue weighted by Crippen LogP contribution is -2.34. The third kappa shape index (κ3) is 3.61. The van der Waals surface area contributed by atoms with Gasteiger partial charge in [-0.1, -0.05) is 32.0 Å². The number of ether oxygens (including phenoxy) is 1. The lowest BCUT2D eigenvalue weighted by atomic mass is 10.1. The van der Waals surface area contributed by atoms with Crippen molar-refractivity contribution in [2.24, 2.45) is 11.7 Å². The summed E-state index contributed by atoms with van der Waals surface area (Å²) in [5.41, 5.74) is 8.04. The van der Waals surface area contributed by atoms with Gasteiger partial charge < -0.3 is 15.5 Å². The zero-order valence-corrected chi connectivity index (χ0v) is 12.1. The molecule has 0 aliphatic carbocycles. The second-order valence-electron chi connectivity index (χ2n) is 5.52. The minimum atomic E-state index is -0.610. The molecule has 2 aromatic rings. The fourth-order valence-electron chi connectivity index (χ4n) is 2.12. The Labute approximate surface area is 119 Å². The fourth-order valence-corrected chi connectivity index (χ4v) is 2.12. The average Bonchev–Trinajstić information content (AvgIpc) is 2.81. The van der Waals surface area contributed by atoms with Crippen molar-refractivity contribution < 1.29 is 9.53 Å². The molecule has 0 saturated heterocycles. The van der Waals surface area contributed by atoms with Crippen molar-refractivity contribution in [1.29, 1.82) is 0 Å². The van der Waals surface area contributed by atoms with Gasteiger partial charge in [-0.15, -0.1) is 0 Å². The molecule has 1 aromatic heterocycles. The highest BCUT2D eigenvalue weighted by Gasteiger charge is 2.17. The van der Waals surface area contributed by atoms with Crippen molar-refractivity contribution in [3.8, 4) is 0 Å². The molecule has 0 aliphatic heterocycles. The average molecular weight is 274 g/mol. The van der Waals surface area contributed by atoms with E-state index >= 15 is 0 Å². The van der Waals surface area contributed by atoms with Gasteiger partial charge in [-0.25, -0.2) is 0 Å². The van der Waals surface area contributed by atoms with Gasteiger partial charge in [-0.05, 0) is 24.0 Å². The Kier molecular flexibility index (Phi) is 4.79. The summed E-state index contributed by atoms with van der Waals surface area (Å²) in [7, 11) is 0. The number of nitrogens with two attached hydrogens (primary N) is 1. The Bertz CT molecular complexity index is 575. The van der Waals surface area contributed by atoms with Crippen LogP contribution in [0.4, 0.5) is 0 Å². The first-order valence-corrected chi connectivity index (χ1v) is 7.05. The summed E-state index contributed by atoms with van der Waals surface area (Å²) in [5, 5.41) is 1.11. The number of hydrogen-bond acceptors (Lipinski definition) is 3. The molecule has 0 saturated carbocycles. The lowest BCUT2D eigenvalue weighted by molar-refractivity contribution is -0.145. The van der Waals surface area contributed by atoms with E-state index in [0.29, 0.717) is 18.9 Å². The van der Waals surface area contributed by atoms with E-state index in [0.717, 1.165) is 22.9 Å². The molecule has 0 aliphatic rings. The smallest absolute Gasteiger partial charge is 0.323 e. The maximum absolute atomic E-state index is 11.8. The first-order chi connectivity index (χ1) is 9.58. The molecule has 1 heterocycles. The zero-order valence-electron chi connectivity index (χ0n) is 12.1. The second kappa shape index (κ2) is 6.57. The molecule has 0 amide bonds. The van der Waals surface area contributed by atoms with Gasteiger partial charge in [0.15, 0.2) is 0 Å². The van der Waals surface area contributed by atoms with Crippen LogP contribution >= 0.6 is 0 Å². The van der Waals surface area contributed by atoms with Crippen LogP contribution in [0.3, 0.4) is 0 Å². The van der Waals surface area contributed by atoms with Crippen LogP contribution in [0, 0.1) is 5.92 Å². The van der Waals surface area contributed by atoms with Crippen LogP contribution in [0.15, 0.2) is 30.5 Å². The summed E-state index contributed by atoms with van der Waals surface area (Å²) in [5.74, 6) is 0.198. The van der Waals surface area contributed by atoms with E-state index in [1.54, 1.807) is 0 Å². The molecule has 3 N–H and O–H groups in total. The van der Waals surface area contributed by atoms with Gasteiger partial charge >= 0.3 is 5.97 Å². The number of carbonyl (C=O) groups is 1. The highest BCUT2D eigenvalue weighted by Crippen LogP contribution is 2.18. The summed E-state index contributed by atoms with van der Waals surface area (Å²) >= 11 is 0. The van der Waals surface area contributed by atoms with Crippen molar-refractivity contribution in [2.75, 3.05) is 6.61 Å². The molecule has 2 rings (SSSR count). The summed E-state index contributed by atoms with van der Waals surface area (Å²) in [6.07, 6.45) is 3.27. The molecule has 4 nitrogen and oxygen atoms in total. The van der Waals surface area contributed by atoms with Gasteiger partial charge in [-0.2, -0.15) is 0 Å². The third-order valence-corrected chi connectivity index (χ3v) is 3.36. The number of carbonyl (C=O) groups excluding carboxylic acids is 1. The Balaban J connectivity index is 1.93. The summed E-state index contributed by atoms with van der Waals surface area (Å²) in [6.45, 7) is 4.64. The number of esters is 1. The van der Waals surface area contributed by atoms with Crippen molar-refractivity contribution in [3.63, 3.8) is 0 Å². The van der Waals surface area contributed by atoms with Crippen LogP contribution in [0.1, 0.15) is 25.8 Å². The summed E-state index contributed by atoms with van der Waals surface area (Å²) < 4.78 is 5.20. The van der Waals surface area contributed by atoms with Gasteiger partial charge in [-0.3, -0.25) is 4.79 Å². The number of para-hydroxylation sites is 1. The van der Waals surface area contributed by atoms with Crippen molar-refractivity contribution in [3.05, 3.63) is 36.0 Å². The number of nitrogens with one attached hydrogen (secondary N) is 1. The van der Waals surface area contributed by atoms with Crippen LogP contribution in [0.25, 0.3) is 10.9 Å². The molecule has 108 valence electrons. The number of benzene rings is 1. The molecule has 0 radical (unpaired) electrons. The maximum Gasteiger partial charge on any atom is 0.323 e. The van der Waals surface area contributed by atoms with Crippen molar-refractivity contribution >= 4 is 16.9 Å². The first-order valence-electron chi connectivity index (χ1n) is 7.05. The van der Waals surface area contributed by atoms with E-state index < -0.39 is 6.04 Å². The Morgan fingerprint density at radius 1 is 1.35 bits per heavy atom. The topological polar surface area (TPSA) is 68.1 Å². The Hall–Kier alpha value is -1.81. The fraction of sp³-hybridized carbons (Fsp3) is 0.438.